The number of carbonyl (C=O) groups excluding carboxylic acids is 1. The molecule has 2 aromatic heterocycles. The molecule has 2 heterocycles. The Balaban J connectivity index is 1.55. The van der Waals surface area contributed by atoms with Crippen molar-refractivity contribution in [1.82, 2.24) is 9.78 Å². The lowest BCUT2D eigenvalue weighted by Crippen LogP contribution is -2.16. The predicted molar refractivity (Wildman–Crippen MR) is 91.2 cm³/mol. The molecule has 1 aliphatic carbocycles. The lowest BCUT2D eigenvalue weighted by Gasteiger charge is -2.12. The maximum Gasteiger partial charge on any atom is 0.228 e. The monoisotopic (exact) mass is 321 g/mol. The number of nitrogens with one attached hydrogen (secondary N) is 1. The molecule has 1 aromatic carbocycles. The van der Waals surface area contributed by atoms with E-state index in [-0.39, 0.29) is 17.7 Å². The van der Waals surface area contributed by atoms with Gasteiger partial charge in [-0.25, -0.2) is 4.68 Å². The van der Waals surface area contributed by atoms with Crippen LogP contribution in [0.1, 0.15) is 29.5 Å². The highest BCUT2D eigenvalue weighted by atomic mass is 16.3. The van der Waals surface area contributed by atoms with E-state index in [0.29, 0.717) is 0 Å². The van der Waals surface area contributed by atoms with Gasteiger partial charge in [-0.2, -0.15) is 5.10 Å². The predicted octanol–water partition coefficient (Wildman–Crippen LogP) is 3.82. The van der Waals surface area contributed by atoms with E-state index in [9.17, 15) is 4.79 Å². The van der Waals surface area contributed by atoms with Crippen molar-refractivity contribution in [2.75, 3.05) is 5.32 Å². The molecular formula is C19H19N3O2. The van der Waals surface area contributed by atoms with Crippen molar-refractivity contribution in [3.05, 3.63) is 65.9 Å². The highest BCUT2D eigenvalue weighted by Crippen LogP contribution is 2.48. The van der Waals surface area contributed by atoms with Gasteiger partial charge in [-0.15, -0.1) is 0 Å². The molecule has 2 atom stereocenters. The topological polar surface area (TPSA) is 60.1 Å². The van der Waals surface area contributed by atoms with Crippen LogP contribution in [-0.4, -0.2) is 15.7 Å². The minimum atomic E-state index is -0.0235. The Morgan fingerprint density at radius 1 is 1.25 bits per heavy atom. The quantitative estimate of drug-likeness (QED) is 0.794. The van der Waals surface area contributed by atoms with Crippen molar-refractivity contribution in [1.29, 1.82) is 0 Å². The van der Waals surface area contributed by atoms with E-state index < -0.39 is 0 Å². The van der Waals surface area contributed by atoms with Crippen LogP contribution in [0.4, 0.5) is 5.69 Å². The van der Waals surface area contributed by atoms with Crippen LogP contribution in [0.2, 0.25) is 0 Å². The average molecular weight is 321 g/mol. The van der Waals surface area contributed by atoms with Gasteiger partial charge >= 0.3 is 0 Å². The van der Waals surface area contributed by atoms with Crippen LogP contribution >= 0.6 is 0 Å². The third-order valence-electron chi connectivity index (χ3n) is 4.44. The van der Waals surface area contributed by atoms with Crippen molar-refractivity contribution in [2.24, 2.45) is 5.92 Å². The summed E-state index contributed by atoms with van der Waals surface area (Å²) in [4.78, 5) is 12.6. The molecule has 0 radical (unpaired) electrons. The van der Waals surface area contributed by atoms with Crippen molar-refractivity contribution < 1.29 is 9.21 Å². The number of anilines is 1. The van der Waals surface area contributed by atoms with Crippen LogP contribution in [-0.2, 0) is 4.79 Å². The largest absolute Gasteiger partial charge is 0.469 e. The van der Waals surface area contributed by atoms with Crippen molar-refractivity contribution in [3.63, 3.8) is 0 Å². The van der Waals surface area contributed by atoms with Gasteiger partial charge in [-0.3, -0.25) is 4.79 Å². The Morgan fingerprint density at radius 2 is 2.08 bits per heavy atom. The lowest BCUT2D eigenvalue weighted by atomic mass is 10.2. The second kappa shape index (κ2) is 5.67. The zero-order valence-electron chi connectivity index (χ0n) is 13.7. The van der Waals surface area contributed by atoms with Crippen molar-refractivity contribution >= 4 is 11.6 Å². The van der Waals surface area contributed by atoms with E-state index in [1.807, 2.05) is 61.0 Å². The average Bonchev–Trinajstić information content (AvgIpc) is 3.03. The number of aryl methyl sites for hydroxylation is 2. The fourth-order valence-corrected chi connectivity index (χ4v) is 3.16. The minimum Gasteiger partial charge on any atom is -0.469 e. The maximum atomic E-state index is 12.6. The summed E-state index contributed by atoms with van der Waals surface area (Å²) in [5, 5.41) is 7.57. The Morgan fingerprint density at radius 3 is 2.79 bits per heavy atom. The zero-order chi connectivity index (χ0) is 16.7. The van der Waals surface area contributed by atoms with Gasteiger partial charge in [0.05, 0.1) is 23.3 Å². The van der Waals surface area contributed by atoms with Crippen LogP contribution in [0.3, 0.4) is 0 Å². The molecule has 4 rings (SSSR count). The van der Waals surface area contributed by atoms with Gasteiger partial charge in [0.15, 0.2) is 0 Å². The van der Waals surface area contributed by atoms with Crippen molar-refractivity contribution in [2.45, 2.75) is 26.2 Å². The van der Waals surface area contributed by atoms with Gasteiger partial charge < -0.3 is 9.73 Å². The van der Waals surface area contributed by atoms with E-state index in [4.69, 9.17) is 4.42 Å². The van der Waals surface area contributed by atoms with Gasteiger partial charge in [-0.1, -0.05) is 12.1 Å². The fraction of sp³-hybridized carbons (Fsp3) is 0.263. The Bertz CT molecular complexity index is 880. The fourth-order valence-electron chi connectivity index (χ4n) is 3.16. The summed E-state index contributed by atoms with van der Waals surface area (Å²) in [5.74, 6) is 1.10. The number of aromatic nitrogens is 2. The molecular weight excluding hydrogens is 302 g/mol. The molecule has 0 bridgehead atoms. The first kappa shape index (κ1) is 14.8. The summed E-state index contributed by atoms with van der Waals surface area (Å²) in [6.07, 6.45) is 2.49. The van der Waals surface area contributed by atoms with E-state index in [1.54, 1.807) is 6.26 Å². The molecule has 0 aliphatic heterocycles. The van der Waals surface area contributed by atoms with Gasteiger partial charge in [0.1, 0.15) is 5.76 Å². The first-order chi connectivity index (χ1) is 11.6. The van der Waals surface area contributed by atoms with Crippen LogP contribution in [0.5, 0.6) is 0 Å². The van der Waals surface area contributed by atoms with Gasteiger partial charge in [-0.05, 0) is 50.6 Å². The highest BCUT2D eigenvalue weighted by molar-refractivity contribution is 5.96. The molecule has 1 amide bonds. The number of benzene rings is 1. The molecule has 2 unspecified atom stereocenters. The molecule has 122 valence electrons. The zero-order valence-corrected chi connectivity index (χ0v) is 13.7. The summed E-state index contributed by atoms with van der Waals surface area (Å²) >= 11 is 0. The second-order valence-corrected chi connectivity index (χ2v) is 6.31. The van der Waals surface area contributed by atoms with E-state index >= 15 is 0 Å². The summed E-state index contributed by atoms with van der Waals surface area (Å²) in [5.41, 5.74) is 3.65. The third kappa shape index (κ3) is 2.62. The second-order valence-electron chi connectivity index (χ2n) is 6.31. The minimum absolute atomic E-state index is 0.0235. The van der Waals surface area contributed by atoms with Crippen LogP contribution in [0.25, 0.3) is 5.69 Å². The Labute approximate surface area is 140 Å². The Kier molecular flexibility index (Phi) is 3.49. The standard InChI is InChI=1S/C19H19N3O2/c1-12-10-13(2)22(21-12)17-7-4-3-6-16(17)20-19(23)15-11-14(15)18-8-5-9-24-18/h3-10,14-15H,11H2,1-2H3,(H,20,23). The number of carbonyl (C=O) groups is 1. The van der Waals surface area contributed by atoms with Crippen LogP contribution < -0.4 is 5.32 Å². The highest BCUT2D eigenvalue weighted by Gasteiger charge is 2.45. The first-order valence-corrected chi connectivity index (χ1v) is 8.10. The maximum absolute atomic E-state index is 12.6. The van der Waals surface area contributed by atoms with Crippen molar-refractivity contribution in [3.8, 4) is 5.69 Å². The SMILES string of the molecule is Cc1cc(C)n(-c2ccccc2NC(=O)C2CC2c2ccco2)n1. The van der Waals surface area contributed by atoms with Gasteiger partial charge in [0.25, 0.3) is 0 Å². The summed E-state index contributed by atoms with van der Waals surface area (Å²) in [7, 11) is 0. The van der Waals surface area contributed by atoms with Gasteiger partial charge in [0, 0.05) is 17.5 Å². The number of nitrogens with zero attached hydrogens (tertiary/aromatic N) is 2. The third-order valence-corrected chi connectivity index (χ3v) is 4.44. The number of amides is 1. The summed E-state index contributed by atoms with van der Waals surface area (Å²) in [6, 6.07) is 13.6. The van der Waals surface area contributed by atoms with Crippen LogP contribution in [0.15, 0.2) is 53.1 Å². The van der Waals surface area contributed by atoms with E-state index in [2.05, 4.69) is 10.4 Å². The lowest BCUT2D eigenvalue weighted by molar-refractivity contribution is -0.117. The van der Waals surface area contributed by atoms with E-state index in [0.717, 1.165) is 34.9 Å². The molecule has 1 fully saturated rings. The molecule has 1 N–H and O–H groups in total. The normalized spacial score (nSPS) is 19.2. The van der Waals surface area contributed by atoms with E-state index in [1.165, 1.54) is 0 Å². The number of para-hydroxylation sites is 2. The molecule has 0 saturated heterocycles. The Hall–Kier alpha value is -2.82. The molecule has 5 heteroatoms. The molecule has 3 aromatic rings. The summed E-state index contributed by atoms with van der Waals surface area (Å²) < 4.78 is 7.27. The summed E-state index contributed by atoms with van der Waals surface area (Å²) in [6.45, 7) is 3.97. The first-order valence-electron chi connectivity index (χ1n) is 8.10. The molecule has 24 heavy (non-hydrogen) atoms. The molecule has 5 nitrogen and oxygen atoms in total. The van der Waals surface area contributed by atoms with Crippen LogP contribution in [0, 0.1) is 19.8 Å². The molecule has 1 saturated carbocycles. The molecule has 0 spiro atoms. The number of hydrogen-bond donors (Lipinski definition) is 1. The smallest absolute Gasteiger partial charge is 0.228 e. The number of hydrogen-bond acceptors (Lipinski definition) is 3. The number of furan rings is 1. The van der Waals surface area contributed by atoms with Gasteiger partial charge in [0.2, 0.25) is 5.91 Å². The number of rotatable bonds is 4. The molecule has 1 aliphatic rings.